The van der Waals surface area contributed by atoms with Crippen molar-refractivity contribution in [2.24, 2.45) is 0 Å². The normalized spacial score (nSPS) is 18.9. The maximum absolute atomic E-state index is 13.2. The van der Waals surface area contributed by atoms with Gasteiger partial charge in [-0.05, 0) is 54.9 Å². The minimum Gasteiger partial charge on any atom is -0.489 e. The highest BCUT2D eigenvalue weighted by atomic mass is 19.1. The molecule has 1 N–H and O–H groups in total. The van der Waals surface area contributed by atoms with E-state index in [1.54, 1.807) is 6.07 Å². The van der Waals surface area contributed by atoms with Gasteiger partial charge >= 0.3 is 0 Å². The number of hydrogen-bond donors (Lipinski definition) is 1. The largest absolute Gasteiger partial charge is 0.489 e. The summed E-state index contributed by atoms with van der Waals surface area (Å²) in [6.45, 7) is 9.20. The van der Waals surface area contributed by atoms with Gasteiger partial charge in [-0.3, -0.25) is 0 Å². The van der Waals surface area contributed by atoms with E-state index in [4.69, 9.17) is 4.74 Å². The predicted molar refractivity (Wildman–Crippen MR) is 104 cm³/mol. The maximum atomic E-state index is 13.2. The quantitative estimate of drug-likeness (QED) is 0.691. The zero-order valence-electron chi connectivity index (χ0n) is 15.7. The molecule has 0 saturated heterocycles. The Labute approximate surface area is 156 Å². The standard InChI is InChI=1S/C22H29FN2O/c1-3-25(4-2)13-12-24-22-15-21(22)18-8-10-20(11-9-18)26-16-17-6-5-7-19(23)14-17/h5-11,14,21-22,24H,3-4,12-13,15-16H2,1-2H3/t21?,22-/m0/s1. The summed E-state index contributed by atoms with van der Waals surface area (Å²) in [5.41, 5.74) is 2.21. The number of halogens is 1. The average molecular weight is 356 g/mol. The number of rotatable bonds is 10. The van der Waals surface area contributed by atoms with Crippen LogP contribution in [0, 0.1) is 5.82 Å². The van der Waals surface area contributed by atoms with Crippen molar-refractivity contribution < 1.29 is 9.13 Å². The number of hydrogen-bond acceptors (Lipinski definition) is 3. The highest BCUT2D eigenvalue weighted by molar-refractivity contribution is 5.34. The summed E-state index contributed by atoms with van der Waals surface area (Å²) in [6, 6.07) is 15.5. The van der Waals surface area contributed by atoms with Crippen molar-refractivity contribution in [2.75, 3.05) is 26.2 Å². The van der Waals surface area contributed by atoms with Crippen LogP contribution in [-0.2, 0) is 6.61 Å². The molecule has 0 spiro atoms. The van der Waals surface area contributed by atoms with Crippen molar-refractivity contribution in [1.82, 2.24) is 10.2 Å². The molecule has 0 bridgehead atoms. The molecule has 3 nitrogen and oxygen atoms in total. The van der Waals surface area contributed by atoms with Gasteiger partial charge in [0.05, 0.1) is 0 Å². The van der Waals surface area contributed by atoms with Crippen molar-refractivity contribution in [3.63, 3.8) is 0 Å². The first-order valence-corrected chi connectivity index (χ1v) is 9.62. The van der Waals surface area contributed by atoms with Crippen molar-refractivity contribution in [2.45, 2.75) is 38.8 Å². The van der Waals surface area contributed by atoms with Gasteiger partial charge in [-0.2, -0.15) is 0 Å². The molecule has 1 fully saturated rings. The van der Waals surface area contributed by atoms with Gasteiger partial charge in [0.25, 0.3) is 0 Å². The van der Waals surface area contributed by atoms with Crippen LogP contribution in [-0.4, -0.2) is 37.1 Å². The smallest absolute Gasteiger partial charge is 0.123 e. The molecule has 0 radical (unpaired) electrons. The Kier molecular flexibility index (Phi) is 6.64. The second kappa shape index (κ2) is 9.15. The molecule has 2 aromatic rings. The maximum Gasteiger partial charge on any atom is 0.123 e. The Morgan fingerprint density at radius 3 is 2.58 bits per heavy atom. The van der Waals surface area contributed by atoms with Crippen LogP contribution in [0.3, 0.4) is 0 Å². The minimum atomic E-state index is -0.227. The number of nitrogens with one attached hydrogen (secondary N) is 1. The van der Waals surface area contributed by atoms with Crippen LogP contribution in [0.25, 0.3) is 0 Å². The van der Waals surface area contributed by atoms with Gasteiger partial charge < -0.3 is 15.0 Å². The van der Waals surface area contributed by atoms with E-state index in [9.17, 15) is 4.39 Å². The molecular weight excluding hydrogens is 327 g/mol. The molecular formula is C22H29FN2O. The Bertz CT molecular complexity index is 685. The van der Waals surface area contributed by atoms with Crippen LogP contribution in [0.2, 0.25) is 0 Å². The van der Waals surface area contributed by atoms with E-state index in [0.29, 0.717) is 18.6 Å². The highest BCUT2D eigenvalue weighted by Gasteiger charge is 2.37. The van der Waals surface area contributed by atoms with E-state index in [0.717, 1.165) is 37.5 Å². The van der Waals surface area contributed by atoms with Crippen molar-refractivity contribution in [3.05, 3.63) is 65.5 Å². The van der Waals surface area contributed by atoms with Gasteiger partial charge in [0.1, 0.15) is 18.2 Å². The summed E-state index contributed by atoms with van der Waals surface area (Å²) in [5, 5.41) is 3.66. The molecule has 0 amide bonds. The second-order valence-corrected chi connectivity index (χ2v) is 6.92. The third kappa shape index (κ3) is 5.29. The summed E-state index contributed by atoms with van der Waals surface area (Å²) >= 11 is 0. The van der Waals surface area contributed by atoms with E-state index in [2.05, 4.69) is 36.2 Å². The van der Waals surface area contributed by atoms with Crippen molar-refractivity contribution in [3.8, 4) is 5.75 Å². The fourth-order valence-electron chi connectivity index (χ4n) is 3.34. The number of benzene rings is 2. The van der Waals surface area contributed by atoms with Gasteiger partial charge in [0.2, 0.25) is 0 Å². The van der Waals surface area contributed by atoms with E-state index in [1.807, 2.05) is 18.2 Å². The third-order valence-corrected chi connectivity index (χ3v) is 5.12. The molecule has 1 aliphatic carbocycles. The van der Waals surface area contributed by atoms with Crippen LogP contribution < -0.4 is 10.1 Å². The van der Waals surface area contributed by atoms with E-state index >= 15 is 0 Å². The first-order chi connectivity index (χ1) is 12.7. The molecule has 0 aromatic heterocycles. The lowest BCUT2D eigenvalue weighted by atomic mass is 10.1. The molecule has 3 rings (SSSR count). The Morgan fingerprint density at radius 2 is 1.88 bits per heavy atom. The van der Waals surface area contributed by atoms with Crippen LogP contribution in [0.1, 0.15) is 37.3 Å². The summed E-state index contributed by atoms with van der Waals surface area (Å²) in [5.74, 6) is 1.21. The summed E-state index contributed by atoms with van der Waals surface area (Å²) in [6.07, 6.45) is 1.21. The number of likely N-dealkylation sites (N-methyl/N-ethyl adjacent to an activating group) is 1. The Balaban J connectivity index is 1.42. The molecule has 0 aliphatic heterocycles. The minimum absolute atomic E-state index is 0.227. The first-order valence-electron chi connectivity index (χ1n) is 9.62. The molecule has 26 heavy (non-hydrogen) atoms. The number of ether oxygens (including phenoxy) is 1. The van der Waals surface area contributed by atoms with Crippen LogP contribution in [0.5, 0.6) is 5.75 Å². The Morgan fingerprint density at radius 1 is 1.12 bits per heavy atom. The zero-order valence-corrected chi connectivity index (χ0v) is 15.7. The molecule has 1 unspecified atom stereocenters. The molecule has 2 aromatic carbocycles. The lowest BCUT2D eigenvalue weighted by Gasteiger charge is -2.18. The average Bonchev–Trinajstić information content (AvgIpc) is 3.44. The fourth-order valence-corrected chi connectivity index (χ4v) is 3.34. The summed E-state index contributed by atoms with van der Waals surface area (Å²) in [4.78, 5) is 2.44. The number of nitrogens with zero attached hydrogens (tertiary/aromatic N) is 1. The molecule has 0 heterocycles. The van der Waals surface area contributed by atoms with Crippen LogP contribution in [0.4, 0.5) is 4.39 Å². The van der Waals surface area contributed by atoms with Gasteiger partial charge in [-0.1, -0.05) is 38.1 Å². The Hall–Kier alpha value is -1.91. The van der Waals surface area contributed by atoms with Gasteiger partial charge in [-0.15, -0.1) is 0 Å². The first kappa shape index (κ1) is 18.9. The monoisotopic (exact) mass is 356 g/mol. The highest BCUT2D eigenvalue weighted by Crippen LogP contribution is 2.41. The molecule has 1 aliphatic rings. The predicted octanol–water partition coefficient (Wildman–Crippen LogP) is 4.19. The van der Waals surface area contributed by atoms with E-state index in [-0.39, 0.29) is 5.82 Å². The molecule has 2 atom stereocenters. The lowest BCUT2D eigenvalue weighted by Crippen LogP contribution is -2.33. The van der Waals surface area contributed by atoms with Crippen LogP contribution in [0.15, 0.2) is 48.5 Å². The van der Waals surface area contributed by atoms with Gasteiger partial charge in [0, 0.05) is 25.0 Å². The zero-order chi connectivity index (χ0) is 18.4. The van der Waals surface area contributed by atoms with Crippen LogP contribution >= 0.6 is 0 Å². The SMILES string of the molecule is CCN(CC)CCN[C@H]1CC1c1ccc(OCc2cccc(F)c2)cc1. The topological polar surface area (TPSA) is 24.5 Å². The fraction of sp³-hybridized carbons (Fsp3) is 0.455. The van der Waals surface area contributed by atoms with Gasteiger partial charge in [-0.25, -0.2) is 4.39 Å². The van der Waals surface area contributed by atoms with Crippen molar-refractivity contribution >= 4 is 0 Å². The second-order valence-electron chi connectivity index (χ2n) is 6.92. The summed E-state index contributed by atoms with van der Waals surface area (Å²) < 4.78 is 18.9. The third-order valence-electron chi connectivity index (χ3n) is 5.12. The lowest BCUT2D eigenvalue weighted by molar-refractivity contribution is 0.302. The molecule has 1 saturated carbocycles. The molecule has 140 valence electrons. The summed E-state index contributed by atoms with van der Waals surface area (Å²) in [7, 11) is 0. The van der Waals surface area contributed by atoms with Crippen molar-refractivity contribution in [1.29, 1.82) is 0 Å². The molecule has 4 heteroatoms. The van der Waals surface area contributed by atoms with E-state index < -0.39 is 0 Å². The van der Waals surface area contributed by atoms with E-state index in [1.165, 1.54) is 24.1 Å². The van der Waals surface area contributed by atoms with Gasteiger partial charge in [0.15, 0.2) is 0 Å².